The lowest BCUT2D eigenvalue weighted by Gasteiger charge is -2.18. The number of Topliss-reactive ketones (excluding diaryl/α,β-unsaturated/α-hetero) is 2. The van der Waals surface area contributed by atoms with E-state index in [0.29, 0.717) is 44.1 Å². The van der Waals surface area contributed by atoms with Crippen molar-refractivity contribution < 1.29 is 23.1 Å². The van der Waals surface area contributed by atoms with Crippen LogP contribution >= 0.6 is 0 Å². The third-order valence-corrected chi connectivity index (χ3v) is 5.82. The Labute approximate surface area is 195 Å². The number of aryl methyl sites for hydroxylation is 1. The van der Waals surface area contributed by atoms with Crippen molar-refractivity contribution in [3.63, 3.8) is 0 Å². The maximum absolute atomic E-state index is 14.0. The van der Waals surface area contributed by atoms with Crippen LogP contribution < -0.4 is 4.74 Å². The lowest BCUT2D eigenvalue weighted by Crippen LogP contribution is -2.12. The van der Waals surface area contributed by atoms with Crippen LogP contribution in [0.4, 0.5) is 8.78 Å². The number of alkyl halides is 2. The van der Waals surface area contributed by atoms with Gasteiger partial charge in [-0.1, -0.05) is 56.3 Å². The lowest BCUT2D eigenvalue weighted by atomic mass is 9.86. The largest absolute Gasteiger partial charge is 0.497 e. The van der Waals surface area contributed by atoms with Crippen LogP contribution in [0.2, 0.25) is 0 Å². The van der Waals surface area contributed by atoms with Gasteiger partial charge in [-0.3, -0.25) is 4.79 Å². The molecular formula is C28H34F2O3. The fourth-order valence-corrected chi connectivity index (χ4v) is 3.95. The fourth-order valence-electron chi connectivity index (χ4n) is 3.95. The molecule has 1 atom stereocenters. The fraction of sp³-hybridized carbons (Fsp3) is 0.429. The molecule has 3 nitrogen and oxygen atoms in total. The van der Waals surface area contributed by atoms with E-state index in [-0.39, 0.29) is 29.5 Å². The standard InChI is InChI=1S/C28H34F2O3/c1-5-17-28(29,30)25-13-9-22(10-14-25)7-6-8-27(32)20(2)18-24(19-21(3)31)23-11-15-26(33-4)16-12-23/h9-16,24H,2,5-8,17-19H2,1,3-4H3. The number of carbonyl (C=O) groups excluding carboxylic acids is 2. The molecule has 5 heteroatoms. The Balaban J connectivity index is 1.90. The summed E-state index contributed by atoms with van der Waals surface area (Å²) in [5.74, 6) is -2.15. The summed E-state index contributed by atoms with van der Waals surface area (Å²) >= 11 is 0. The Morgan fingerprint density at radius 3 is 2.21 bits per heavy atom. The van der Waals surface area contributed by atoms with E-state index in [1.165, 1.54) is 12.1 Å². The first kappa shape index (κ1) is 26.4. The molecule has 2 rings (SSSR count). The van der Waals surface area contributed by atoms with Gasteiger partial charge in [-0.25, -0.2) is 8.78 Å². The molecule has 0 fully saturated rings. The van der Waals surface area contributed by atoms with Crippen molar-refractivity contribution in [3.8, 4) is 5.75 Å². The van der Waals surface area contributed by atoms with E-state index < -0.39 is 5.92 Å². The van der Waals surface area contributed by atoms with Crippen LogP contribution in [0.5, 0.6) is 5.75 Å². The Kier molecular flexibility index (Phi) is 9.95. The predicted octanol–water partition coefficient (Wildman–Crippen LogP) is 7.19. The van der Waals surface area contributed by atoms with Crippen molar-refractivity contribution >= 4 is 11.6 Å². The maximum atomic E-state index is 14.0. The maximum Gasteiger partial charge on any atom is 0.273 e. The van der Waals surface area contributed by atoms with Gasteiger partial charge in [0, 0.05) is 24.8 Å². The summed E-state index contributed by atoms with van der Waals surface area (Å²) in [5.41, 5.74) is 2.44. The highest BCUT2D eigenvalue weighted by Crippen LogP contribution is 2.33. The number of ether oxygens (including phenoxy) is 1. The molecule has 0 saturated heterocycles. The number of hydrogen-bond acceptors (Lipinski definition) is 3. The second-order valence-electron chi connectivity index (χ2n) is 8.61. The number of halogens is 2. The molecule has 0 heterocycles. The molecule has 0 saturated carbocycles. The van der Waals surface area contributed by atoms with Gasteiger partial charge in [0.2, 0.25) is 0 Å². The van der Waals surface area contributed by atoms with Crippen LogP contribution in [0.15, 0.2) is 60.7 Å². The van der Waals surface area contributed by atoms with E-state index in [0.717, 1.165) is 16.9 Å². The molecule has 0 bridgehead atoms. The first-order valence-corrected chi connectivity index (χ1v) is 11.5. The Bertz CT molecular complexity index is 931. The molecular weight excluding hydrogens is 422 g/mol. The van der Waals surface area contributed by atoms with Crippen LogP contribution in [0, 0.1) is 0 Å². The molecule has 2 aromatic rings. The summed E-state index contributed by atoms with van der Waals surface area (Å²) in [7, 11) is 1.60. The average Bonchev–Trinajstić information content (AvgIpc) is 2.78. The van der Waals surface area contributed by atoms with Crippen molar-refractivity contribution in [2.75, 3.05) is 7.11 Å². The summed E-state index contributed by atoms with van der Waals surface area (Å²) in [6.07, 6.45) is 2.61. The van der Waals surface area contributed by atoms with E-state index >= 15 is 0 Å². The second kappa shape index (κ2) is 12.4. The van der Waals surface area contributed by atoms with Gasteiger partial charge < -0.3 is 9.53 Å². The van der Waals surface area contributed by atoms with Crippen LogP contribution in [-0.2, 0) is 21.9 Å². The third kappa shape index (κ3) is 8.23. The van der Waals surface area contributed by atoms with E-state index in [1.807, 2.05) is 24.3 Å². The van der Waals surface area contributed by atoms with E-state index in [4.69, 9.17) is 4.74 Å². The topological polar surface area (TPSA) is 43.4 Å². The number of benzene rings is 2. The smallest absolute Gasteiger partial charge is 0.273 e. The van der Waals surface area contributed by atoms with Gasteiger partial charge in [-0.15, -0.1) is 0 Å². The molecule has 0 aliphatic rings. The van der Waals surface area contributed by atoms with Crippen molar-refractivity contribution in [1.82, 2.24) is 0 Å². The van der Waals surface area contributed by atoms with Gasteiger partial charge >= 0.3 is 0 Å². The normalized spacial score (nSPS) is 12.3. The van der Waals surface area contributed by atoms with E-state index in [9.17, 15) is 18.4 Å². The molecule has 0 radical (unpaired) electrons. The minimum atomic E-state index is -2.80. The summed E-state index contributed by atoms with van der Waals surface area (Å²) in [6.45, 7) is 7.26. The van der Waals surface area contributed by atoms with Crippen molar-refractivity contribution in [3.05, 3.63) is 77.4 Å². The minimum Gasteiger partial charge on any atom is -0.497 e. The Morgan fingerprint density at radius 2 is 1.67 bits per heavy atom. The zero-order valence-corrected chi connectivity index (χ0v) is 19.8. The number of carbonyl (C=O) groups is 2. The first-order chi connectivity index (χ1) is 15.7. The zero-order chi connectivity index (χ0) is 24.4. The summed E-state index contributed by atoms with van der Waals surface area (Å²) < 4.78 is 33.2. The number of methoxy groups -OCH3 is 1. The summed E-state index contributed by atoms with van der Waals surface area (Å²) in [6, 6.07) is 13.9. The highest BCUT2D eigenvalue weighted by Gasteiger charge is 2.29. The number of hydrogen-bond donors (Lipinski definition) is 0. The van der Waals surface area contributed by atoms with Gasteiger partial charge in [-0.2, -0.15) is 0 Å². The molecule has 1 unspecified atom stereocenters. The molecule has 178 valence electrons. The van der Waals surface area contributed by atoms with Gasteiger partial charge in [0.15, 0.2) is 5.78 Å². The number of ketones is 2. The molecule has 2 aromatic carbocycles. The highest BCUT2D eigenvalue weighted by atomic mass is 19.3. The van der Waals surface area contributed by atoms with Crippen LogP contribution in [0.3, 0.4) is 0 Å². The molecule has 0 spiro atoms. The lowest BCUT2D eigenvalue weighted by molar-refractivity contribution is -0.118. The second-order valence-corrected chi connectivity index (χ2v) is 8.61. The molecule has 0 N–H and O–H groups in total. The molecule has 0 aliphatic heterocycles. The average molecular weight is 457 g/mol. The van der Waals surface area contributed by atoms with Gasteiger partial charge in [0.1, 0.15) is 11.5 Å². The molecule has 33 heavy (non-hydrogen) atoms. The van der Waals surface area contributed by atoms with Gasteiger partial charge in [-0.05, 0) is 60.9 Å². The number of rotatable bonds is 14. The van der Waals surface area contributed by atoms with Crippen molar-refractivity contribution in [1.29, 1.82) is 0 Å². The molecule has 0 amide bonds. The summed E-state index contributed by atoms with van der Waals surface area (Å²) in [4.78, 5) is 24.4. The SMILES string of the molecule is C=C(CC(CC(C)=O)c1ccc(OC)cc1)C(=O)CCCc1ccc(C(F)(F)CCC)cc1. The first-order valence-electron chi connectivity index (χ1n) is 11.5. The number of allylic oxidation sites excluding steroid dienone is 1. The van der Waals surface area contributed by atoms with Crippen molar-refractivity contribution in [2.24, 2.45) is 0 Å². The van der Waals surface area contributed by atoms with E-state index in [1.54, 1.807) is 33.1 Å². The Morgan fingerprint density at radius 1 is 1.03 bits per heavy atom. The quantitative estimate of drug-likeness (QED) is 0.283. The van der Waals surface area contributed by atoms with Crippen LogP contribution in [0.25, 0.3) is 0 Å². The Hall–Kier alpha value is -2.82. The predicted molar refractivity (Wildman–Crippen MR) is 128 cm³/mol. The third-order valence-electron chi connectivity index (χ3n) is 5.82. The van der Waals surface area contributed by atoms with Gasteiger partial charge in [0.05, 0.1) is 7.11 Å². The van der Waals surface area contributed by atoms with Crippen LogP contribution in [-0.4, -0.2) is 18.7 Å². The van der Waals surface area contributed by atoms with E-state index in [2.05, 4.69) is 6.58 Å². The molecule has 0 aromatic heterocycles. The summed E-state index contributed by atoms with van der Waals surface area (Å²) in [5, 5.41) is 0. The van der Waals surface area contributed by atoms with Gasteiger partial charge in [0.25, 0.3) is 5.92 Å². The molecule has 0 aliphatic carbocycles. The van der Waals surface area contributed by atoms with Crippen LogP contribution in [0.1, 0.15) is 75.0 Å². The minimum absolute atomic E-state index is 0.0248. The monoisotopic (exact) mass is 456 g/mol. The highest BCUT2D eigenvalue weighted by molar-refractivity contribution is 5.94. The zero-order valence-electron chi connectivity index (χ0n) is 19.8. The van der Waals surface area contributed by atoms with Crippen molar-refractivity contribution in [2.45, 2.75) is 70.6 Å².